The van der Waals surface area contributed by atoms with E-state index in [2.05, 4.69) is 15.6 Å². The molecule has 1 aromatic heterocycles. The number of amides is 2. The second kappa shape index (κ2) is 8.30. The molecule has 1 unspecified atom stereocenters. The van der Waals surface area contributed by atoms with Gasteiger partial charge in [0.1, 0.15) is 5.69 Å². The molecule has 2 amide bonds. The number of anilines is 1. The monoisotopic (exact) mass is 432 g/mol. The van der Waals surface area contributed by atoms with Crippen molar-refractivity contribution in [1.82, 2.24) is 15.2 Å². The van der Waals surface area contributed by atoms with Crippen molar-refractivity contribution in [2.45, 2.75) is 31.5 Å². The molecule has 0 saturated carbocycles. The van der Waals surface area contributed by atoms with Crippen LogP contribution in [0.4, 0.5) is 23.7 Å². The fraction of sp³-hybridized carbons (Fsp3) is 0.409. The van der Waals surface area contributed by atoms with Gasteiger partial charge in [-0.2, -0.15) is 13.2 Å². The summed E-state index contributed by atoms with van der Waals surface area (Å²) >= 11 is 0. The van der Waals surface area contributed by atoms with Crippen molar-refractivity contribution in [3.63, 3.8) is 0 Å². The van der Waals surface area contributed by atoms with Crippen LogP contribution in [0.15, 0.2) is 48.7 Å². The Bertz CT molecular complexity index is 939. The minimum absolute atomic E-state index is 0.0271. The van der Waals surface area contributed by atoms with E-state index >= 15 is 0 Å². The van der Waals surface area contributed by atoms with Crippen LogP contribution in [-0.4, -0.2) is 47.4 Å². The van der Waals surface area contributed by atoms with E-state index in [9.17, 15) is 22.8 Å². The second-order valence-electron chi connectivity index (χ2n) is 8.07. The van der Waals surface area contributed by atoms with E-state index in [-0.39, 0.29) is 23.3 Å². The Balaban J connectivity index is 1.37. The summed E-state index contributed by atoms with van der Waals surface area (Å²) in [5.41, 5.74) is -0.240. The van der Waals surface area contributed by atoms with Crippen LogP contribution >= 0.6 is 0 Å². The highest BCUT2D eigenvalue weighted by Crippen LogP contribution is 2.42. The highest BCUT2D eigenvalue weighted by Gasteiger charge is 2.48. The first-order chi connectivity index (χ1) is 14.8. The van der Waals surface area contributed by atoms with E-state index < -0.39 is 11.7 Å². The molecule has 2 saturated heterocycles. The summed E-state index contributed by atoms with van der Waals surface area (Å²) in [5, 5.41) is 5.97. The Morgan fingerprint density at radius 2 is 1.77 bits per heavy atom. The lowest BCUT2D eigenvalue weighted by atomic mass is 9.71. The molecule has 2 fully saturated rings. The number of hydrogen-bond donors (Lipinski definition) is 2. The molecule has 1 atom stereocenters. The Kier molecular flexibility index (Phi) is 5.70. The number of urea groups is 1. The van der Waals surface area contributed by atoms with Gasteiger partial charge in [-0.25, -0.2) is 4.79 Å². The Labute approximate surface area is 177 Å². The Morgan fingerprint density at radius 1 is 1.06 bits per heavy atom. The van der Waals surface area contributed by atoms with E-state index in [1.54, 1.807) is 29.3 Å². The first-order valence-corrected chi connectivity index (χ1v) is 10.2. The molecule has 31 heavy (non-hydrogen) atoms. The molecule has 0 aliphatic carbocycles. The fourth-order valence-electron chi connectivity index (χ4n) is 4.49. The van der Waals surface area contributed by atoms with Crippen LogP contribution in [-0.2, 0) is 6.18 Å². The predicted octanol–water partition coefficient (Wildman–Crippen LogP) is 3.96. The summed E-state index contributed by atoms with van der Waals surface area (Å²) in [5.74, 6) is -0.0271. The summed E-state index contributed by atoms with van der Waals surface area (Å²) in [4.78, 5) is 31.4. The normalized spacial score (nSPS) is 20.6. The number of carbonyl (C=O) groups excluding carboxylic acids is 2. The van der Waals surface area contributed by atoms with Crippen molar-refractivity contribution < 1.29 is 22.8 Å². The topological polar surface area (TPSA) is 74.3 Å². The Hall–Kier alpha value is -2.94. The van der Waals surface area contributed by atoms with Crippen molar-refractivity contribution in [2.75, 3.05) is 25.0 Å². The van der Waals surface area contributed by atoms with E-state index in [4.69, 9.17) is 0 Å². The van der Waals surface area contributed by atoms with Gasteiger partial charge >= 0.3 is 12.2 Å². The van der Waals surface area contributed by atoms with Crippen molar-refractivity contribution in [2.24, 2.45) is 5.41 Å². The van der Waals surface area contributed by atoms with Crippen molar-refractivity contribution in [1.29, 1.82) is 0 Å². The average Bonchev–Trinajstić information content (AvgIpc) is 3.17. The second-order valence-corrected chi connectivity index (χ2v) is 8.07. The number of hydrogen-bond acceptors (Lipinski definition) is 4. The molecular weight excluding hydrogens is 409 g/mol. The zero-order valence-electron chi connectivity index (χ0n) is 16.8. The number of piperidine rings is 1. The molecule has 2 aromatic rings. The number of alkyl halides is 3. The van der Waals surface area contributed by atoms with Crippen LogP contribution in [0.1, 0.15) is 35.3 Å². The molecule has 0 bridgehead atoms. The first-order valence-electron chi connectivity index (χ1n) is 10.2. The molecule has 2 aliphatic heterocycles. The van der Waals surface area contributed by atoms with E-state index in [0.717, 1.165) is 25.1 Å². The van der Waals surface area contributed by atoms with Gasteiger partial charge < -0.3 is 15.5 Å². The van der Waals surface area contributed by atoms with Gasteiger partial charge in [-0.3, -0.25) is 9.78 Å². The van der Waals surface area contributed by atoms with Crippen LogP contribution in [0, 0.1) is 5.41 Å². The molecule has 1 aromatic carbocycles. The van der Waals surface area contributed by atoms with Crippen LogP contribution in [0.3, 0.4) is 0 Å². The highest BCUT2D eigenvalue weighted by atomic mass is 19.4. The quantitative estimate of drug-likeness (QED) is 0.720. The number of ketones is 1. The smallest absolute Gasteiger partial charge is 0.324 e. The number of halogens is 3. The fourth-order valence-corrected chi connectivity index (χ4v) is 4.49. The van der Waals surface area contributed by atoms with Crippen LogP contribution in [0.5, 0.6) is 0 Å². The third kappa shape index (κ3) is 4.41. The van der Waals surface area contributed by atoms with Gasteiger partial charge in [0, 0.05) is 25.0 Å². The van der Waals surface area contributed by atoms with Gasteiger partial charge in [0.05, 0.1) is 11.6 Å². The minimum Gasteiger partial charge on any atom is -0.324 e. The third-order valence-electron chi connectivity index (χ3n) is 6.27. The molecule has 1 spiro atoms. The van der Waals surface area contributed by atoms with Crippen LogP contribution in [0.25, 0.3) is 0 Å². The SMILES string of the molecule is O=C(c1ccccn1)C1NCCC12CCN(C(=O)Nc1ccc(C(F)(F)F)cc1)CC2. The van der Waals surface area contributed by atoms with Gasteiger partial charge in [0.25, 0.3) is 0 Å². The standard InChI is InChI=1S/C22H23F3N4O2/c23-22(24,25)15-4-6-16(7-5-15)28-20(31)29-13-9-21(10-14-29)8-12-27-19(21)18(30)17-3-1-2-11-26-17/h1-7,11,19,27H,8-10,12-14H2,(H,28,31). The van der Waals surface area contributed by atoms with Gasteiger partial charge in [-0.15, -0.1) is 0 Å². The number of carbonyl (C=O) groups is 2. The number of benzene rings is 1. The molecule has 0 radical (unpaired) electrons. The van der Waals surface area contributed by atoms with E-state index in [0.29, 0.717) is 37.3 Å². The zero-order valence-corrected chi connectivity index (χ0v) is 16.8. The van der Waals surface area contributed by atoms with Gasteiger partial charge in [0.15, 0.2) is 5.78 Å². The molecular formula is C22H23F3N4O2. The summed E-state index contributed by atoms with van der Waals surface area (Å²) in [7, 11) is 0. The first kappa shape index (κ1) is 21.3. The van der Waals surface area contributed by atoms with Crippen molar-refractivity contribution in [3.8, 4) is 0 Å². The molecule has 6 nitrogen and oxygen atoms in total. The van der Waals surface area contributed by atoms with Crippen molar-refractivity contribution >= 4 is 17.5 Å². The summed E-state index contributed by atoms with van der Waals surface area (Å²) < 4.78 is 38.1. The maximum atomic E-state index is 13.0. The number of likely N-dealkylation sites (tertiary alicyclic amines) is 1. The third-order valence-corrected chi connectivity index (χ3v) is 6.27. The number of nitrogens with zero attached hydrogens (tertiary/aromatic N) is 2. The largest absolute Gasteiger partial charge is 0.416 e. The van der Waals surface area contributed by atoms with Crippen molar-refractivity contribution in [3.05, 3.63) is 59.9 Å². The lowest BCUT2D eigenvalue weighted by molar-refractivity contribution is -0.137. The number of aromatic nitrogens is 1. The predicted molar refractivity (Wildman–Crippen MR) is 109 cm³/mol. The van der Waals surface area contributed by atoms with E-state index in [1.165, 1.54) is 12.1 Å². The maximum Gasteiger partial charge on any atom is 0.416 e. The molecule has 4 rings (SSSR count). The van der Waals surface area contributed by atoms with Crippen LogP contribution in [0.2, 0.25) is 0 Å². The summed E-state index contributed by atoms with van der Waals surface area (Å²) in [6.07, 6.45) is -0.622. The summed E-state index contributed by atoms with van der Waals surface area (Å²) in [6, 6.07) is 8.96. The average molecular weight is 432 g/mol. The number of rotatable bonds is 3. The highest BCUT2D eigenvalue weighted by molar-refractivity contribution is 5.99. The van der Waals surface area contributed by atoms with Gasteiger partial charge in [0.2, 0.25) is 0 Å². The lowest BCUT2D eigenvalue weighted by Crippen LogP contribution is -2.51. The zero-order chi connectivity index (χ0) is 22.1. The van der Waals surface area contributed by atoms with E-state index in [1.807, 2.05) is 0 Å². The van der Waals surface area contributed by atoms with Gasteiger partial charge in [-0.1, -0.05) is 6.07 Å². The lowest BCUT2D eigenvalue weighted by Gasteiger charge is -2.42. The molecule has 2 aliphatic rings. The number of pyridine rings is 1. The Morgan fingerprint density at radius 3 is 2.39 bits per heavy atom. The molecule has 3 heterocycles. The number of nitrogens with one attached hydrogen (secondary N) is 2. The summed E-state index contributed by atoms with van der Waals surface area (Å²) in [6.45, 7) is 1.68. The number of Topliss-reactive ketones (excluding diaryl/α,β-unsaturated/α-hetero) is 1. The molecule has 9 heteroatoms. The van der Waals surface area contributed by atoms with Crippen LogP contribution < -0.4 is 10.6 Å². The molecule has 2 N–H and O–H groups in total. The minimum atomic E-state index is -4.41. The maximum absolute atomic E-state index is 13.0. The van der Waals surface area contributed by atoms with Gasteiger partial charge in [-0.05, 0) is 67.6 Å². The molecule has 164 valence electrons.